The minimum absolute atomic E-state index is 0.0306. The van der Waals surface area contributed by atoms with Gasteiger partial charge in [-0.3, -0.25) is 4.98 Å². The molecule has 1 aromatic carbocycles. The highest BCUT2D eigenvalue weighted by atomic mass is 16.4. The minimum atomic E-state index is -1.10. The Balaban J connectivity index is 2.29. The van der Waals surface area contributed by atoms with Crippen LogP contribution in [0.25, 0.3) is 16.9 Å². The summed E-state index contributed by atoms with van der Waals surface area (Å²) in [5.41, 5.74) is 3.61. The summed E-state index contributed by atoms with van der Waals surface area (Å²) in [7, 11) is 0. The average molecular weight is 318 g/mol. The second kappa shape index (κ2) is 5.97. The summed E-state index contributed by atoms with van der Waals surface area (Å²) in [4.78, 5) is 15.7. The van der Waals surface area contributed by atoms with Gasteiger partial charge in [0.15, 0.2) is 0 Å². The molecule has 0 amide bonds. The van der Waals surface area contributed by atoms with E-state index in [2.05, 4.69) is 10.1 Å². The van der Waals surface area contributed by atoms with Crippen LogP contribution >= 0.6 is 0 Å². The predicted molar refractivity (Wildman–Crippen MR) is 87.9 cm³/mol. The summed E-state index contributed by atoms with van der Waals surface area (Å²) in [6.07, 6.45) is 3.48. The fourth-order valence-corrected chi connectivity index (χ4v) is 2.56. The van der Waals surface area contributed by atoms with Crippen LogP contribution < -0.4 is 0 Å². The lowest BCUT2D eigenvalue weighted by Gasteiger charge is -2.13. The zero-order valence-corrected chi connectivity index (χ0v) is 13.2. The van der Waals surface area contributed by atoms with E-state index < -0.39 is 5.97 Å². The first-order valence-electron chi connectivity index (χ1n) is 7.27. The Morgan fingerprint density at radius 2 is 2.08 bits per heavy atom. The van der Waals surface area contributed by atoms with Gasteiger partial charge in [0, 0.05) is 18.0 Å². The number of carbonyl (C=O) groups is 1. The zero-order chi connectivity index (χ0) is 17.3. The second-order valence-corrected chi connectivity index (χ2v) is 5.41. The molecule has 0 bridgehead atoms. The molecule has 0 radical (unpaired) electrons. The molecule has 3 aromatic rings. The highest BCUT2D eigenvalue weighted by Crippen LogP contribution is 2.29. The van der Waals surface area contributed by atoms with Crippen molar-refractivity contribution in [1.82, 2.24) is 14.8 Å². The van der Waals surface area contributed by atoms with Crippen molar-refractivity contribution in [2.24, 2.45) is 0 Å². The molecule has 3 rings (SSSR count). The van der Waals surface area contributed by atoms with E-state index in [9.17, 15) is 15.2 Å². The van der Waals surface area contributed by atoms with Gasteiger partial charge in [-0.05, 0) is 37.6 Å². The molecule has 6 nitrogen and oxygen atoms in total. The topological polar surface area (TPSA) is 91.8 Å². The SMILES string of the molecule is Cc1ccc(-c2nc(C)c(C(=O)O)cc2C#N)c(-n2cccn2)c1. The maximum absolute atomic E-state index is 11.3. The fraction of sp³-hybridized carbons (Fsp3) is 0.111. The van der Waals surface area contributed by atoms with Crippen LogP contribution in [0.15, 0.2) is 42.7 Å². The van der Waals surface area contributed by atoms with Gasteiger partial charge >= 0.3 is 5.97 Å². The van der Waals surface area contributed by atoms with Crippen LogP contribution in [-0.2, 0) is 0 Å². The highest BCUT2D eigenvalue weighted by molar-refractivity contribution is 5.90. The summed E-state index contributed by atoms with van der Waals surface area (Å²) in [5.74, 6) is -1.10. The van der Waals surface area contributed by atoms with Crippen LogP contribution in [0, 0.1) is 25.2 Å². The van der Waals surface area contributed by atoms with Gasteiger partial charge in [0.05, 0.1) is 28.2 Å². The van der Waals surface area contributed by atoms with E-state index in [1.807, 2.05) is 43.5 Å². The Morgan fingerprint density at radius 3 is 2.71 bits per heavy atom. The summed E-state index contributed by atoms with van der Waals surface area (Å²) in [6, 6.07) is 11.0. The van der Waals surface area contributed by atoms with Crippen molar-refractivity contribution in [3.8, 4) is 23.0 Å². The normalized spacial score (nSPS) is 10.4. The van der Waals surface area contributed by atoms with Crippen molar-refractivity contribution in [2.75, 3.05) is 0 Å². The lowest BCUT2D eigenvalue weighted by molar-refractivity contribution is 0.0695. The molecule has 0 saturated heterocycles. The van der Waals surface area contributed by atoms with Gasteiger partial charge in [-0.15, -0.1) is 0 Å². The Labute approximate surface area is 138 Å². The number of carboxylic acid groups (broad SMARTS) is 1. The first-order chi connectivity index (χ1) is 11.5. The molecule has 2 heterocycles. The first kappa shape index (κ1) is 15.4. The van der Waals surface area contributed by atoms with Gasteiger partial charge in [0.25, 0.3) is 0 Å². The number of carboxylic acids is 1. The van der Waals surface area contributed by atoms with Crippen LogP contribution in [0.5, 0.6) is 0 Å². The number of aromatic nitrogens is 3. The highest BCUT2D eigenvalue weighted by Gasteiger charge is 2.18. The summed E-state index contributed by atoms with van der Waals surface area (Å²) in [5, 5.41) is 22.9. The van der Waals surface area contributed by atoms with Crippen molar-refractivity contribution >= 4 is 5.97 Å². The van der Waals surface area contributed by atoms with E-state index in [-0.39, 0.29) is 11.1 Å². The first-order valence-corrected chi connectivity index (χ1v) is 7.27. The van der Waals surface area contributed by atoms with Crippen molar-refractivity contribution in [2.45, 2.75) is 13.8 Å². The molecule has 0 fully saturated rings. The number of nitrogens with zero attached hydrogens (tertiary/aromatic N) is 4. The van der Waals surface area contributed by atoms with E-state index >= 15 is 0 Å². The Bertz CT molecular complexity index is 969. The molecule has 24 heavy (non-hydrogen) atoms. The van der Waals surface area contributed by atoms with Gasteiger partial charge in [-0.1, -0.05) is 12.1 Å². The molecule has 0 spiro atoms. The number of nitriles is 1. The third-order valence-electron chi connectivity index (χ3n) is 3.72. The van der Waals surface area contributed by atoms with Gasteiger partial charge in [-0.2, -0.15) is 10.4 Å². The lowest BCUT2D eigenvalue weighted by Crippen LogP contribution is -2.06. The van der Waals surface area contributed by atoms with Crippen molar-refractivity contribution in [3.63, 3.8) is 0 Å². The quantitative estimate of drug-likeness (QED) is 0.801. The molecule has 0 aliphatic rings. The van der Waals surface area contributed by atoms with Crippen LogP contribution in [-0.4, -0.2) is 25.8 Å². The van der Waals surface area contributed by atoms with E-state index in [1.165, 1.54) is 6.07 Å². The predicted octanol–water partition coefficient (Wildman–Crippen LogP) is 3.12. The number of pyridine rings is 1. The fourth-order valence-electron chi connectivity index (χ4n) is 2.56. The molecule has 0 atom stereocenters. The van der Waals surface area contributed by atoms with Gasteiger partial charge in [0.2, 0.25) is 0 Å². The molecule has 0 aliphatic heterocycles. The number of benzene rings is 1. The van der Waals surface area contributed by atoms with Crippen molar-refractivity contribution in [1.29, 1.82) is 5.26 Å². The van der Waals surface area contributed by atoms with Gasteiger partial charge in [-0.25, -0.2) is 9.48 Å². The molecule has 2 aromatic heterocycles. The maximum Gasteiger partial charge on any atom is 0.337 e. The summed E-state index contributed by atoms with van der Waals surface area (Å²) >= 11 is 0. The molecule has 0 aliphatic carbocycles. The Morgan fingerprint density at radius 1 is 1.29 bits per heavy atom. The largest absolute Gasteiger partial charge is 0.478 e. The third kappa shape index (κ3) is 2.63. The second-order valence-electron chi connectivity index (χ2n) is 5.41. The van der Waals surface area contributed by atoms with Crippen molar-refractivity contribution < 1.29 is 9.90 Å². The number of hydrogen-bond donors (Lipinski definition) is 1. The van der Waals surface area contributed by atoms with Gasteiger partial charge in [0.1, 0.15) is 6.07 Å². The minimum Gasteiger partial charge on any atom is -0.478 e. The zero-order valence-electron chi connectivity index (χ0n) is 13.2. The molecule has 118 valence electrons. The molecular formula is C18H14N4O2. The molecular weight excluding hydrogens is 304 g/mol. The molecule has 0 unspecified atom stereocenters. The van der Waals surface area contributed by atoms with E-state index in [0.29, 0.717) is 11.4 Å². The molecule has 6 heteroatoms. The number of hydrogen-bond acceptors (Lipinski definition) is 4. The van der Waals surface area contributed by atoms with E-state index in [0.717, 1.165) is 16.8 Å². The van der Waals surface area contributed by atoms with Gasteiger partial charge < -0.3 is 5.11 Å². The van der Waals surface area contributed by atoms with Crippen molar-refractivity contribution in [3.05, 3.63) is 65.1 Å². The number of aryl methyl sites for hydroxylation is 2. The Hall–Kier alpha value is -3.46. The summed E-state index contributed by atoms with van der Waals surface area (Å²) in [6.45, 7) is 3.59. The Kier molecular flexibility index (Phi) is 3.84. The van der Waals surface area contributed by atoms with Crippen LogP contribution in [0.1, 0.15) is 27.2 Å². The number of rotatable bonds is 3. The molecule has 0 saturated carbocycles. The average Bonchev–Trinajstić information content (AvgIpc) is 3.08. The van der Waals surface area contributed by atoms with E-state index in [4.69, 9.17) is 0 Å². The smallest absolute Gasteiger partial charge is 0.337 e. The van der Waals surface area contributed by atoms with Crippen LogP contribution in [0.2, 0.25) is 0 Å². The van der Waals surface area contributed by atoms with Crippen LogP contribution in [0.3, 0.4) is 0 Å². The maximum atomic E-state index is 11.3. The monoisotopic (exact) mass is 318 g/mol. The number of aromatic carboxylic acids is 1. The van der Waals surface area contributed by atoms with E-state index in [1.54, 1.807) is 17.8 Å². The lowest BCUT2D eigenvalue weighted by atomic mass is 10.00. The van der Waals surface area contributed by atoms with Crippen LogP contribution in [0.4, 0.5) is 0 Å². The molecule has 1 N–H and O–H groups in total. The standard InChI is InChI=1S/C18H14N4O2/c1-11-4-5-14(16(8-11)22-7-3-6-20-22)17-13(10-19)9-15(18(23)24)12(2)21-17/h3-9H,1-2H3,(H,23,24). The third-order valence-corrected chi connectivity index (χ3v) is 3.72. The summed E-state index contributed by atoms with van der Waals surface area (Å²) < 4.78 is 1.70.